The van der Waals surface area contributed by atoms with E-state index < -0.39 is 59.0 Å². The number of hydrogen-bond acceptors (Lipinski definition) is 7. The summed E-state index contributed by atoms with van der Waals surface area (Å²) in [7, 11) is 0. The normalized spacial score (nSPS) is 13.9. The van der Waals surface area contributed by atoms with Gasteiger partial charge in [0.05, 0.1) is 23.5 Å². The van der Waals surface area contributed by atoms with Crippen molar-refractivity contribution in [2.24, 2.45) is 0 Å². The van der Waals surface area contributed by atoms with Crippen LogP contribution < -0.4 is 5.32 Å². The summed E-state index contributed by atoms with van der Waals surface area (Å²) in [4.78, 5) is 46.9. The van der Waals surface area contributed by atoms with Gasteiger partial charge < -0.3 is 20.3 Å². The first-order valence-corrected chi connectivity index (χ1v) is 10.1. The fraction of sp³-hybridized carbons (Fsp3) is 0.318. The van der Waals surface area contributed by atoms with Crippen LogP contribution in [0.2, 0.25) is 0 Å². The average Bonchev–Trinajstić information content (AvgIpc) is 2.80. The number of aliphatic hydroxyl groups is 1. The highest BCUT2D eigenvalue weighted by molar-refractivity contribution is 5.88. The Bertz CT molecular complexity index is 1070. The van der Waals surface area contributed by atoms with Gasteiger partial charge in [0.25, 0.3) is 11.6 Å². The molecular weight excluding hydrogens is 477 g/mol. The Balaban J connectivity index is 2.33. The fourth-order valence-corrected chi connectivity index (χ4v) is 3.24. The van der Waals surface area contributed by atoms with Crippen molar-refractivity contribution >= 4 is 23.5 Å². The number of carbonyl (C=O) groups is 3. The number of rotatable bonds is 10. The summed E-state index contributed by atoms with van der Waals surface area (Å²) in [6.07, 6.45) is -7.18. The smallest absolute Gasteiger partial charge is 0.416 e. The topological polar surface area (TPSA) is 156 Å². The van der Waals surface area contributed by atoms with E-state index >= 15 is 0 Å². The molecule has 0 fully saturated rings. The molecule has 2 aromatic rings. The predicted molar refractivity (Wildman–Crippen MR) is 113 cm³/mol. The Morgan fingerprint density at radius 3 is 2.06 bits per heavy atom. The lowest BCUT2D eigenvalue weighted by Crippen LogP contribution is -2.47. The molecule has 188 valence electrons. The summed E-state index contributed by atoms with van der Waals surface area (Å²) < 4.78 is 43.1. The first-order valence-electron chi connectivity index (χ1n) is 10.1. The van der Waals surface area contributed by atoms with Crippen LogP contribution in [0.4, 0.5) is 18.9 Å². The van der Waals surface area contributed by atoms with Crippen molar-refractivity contribution < 1.29 is 47.4 Å². The van der Waals surface area contributed by atoms with Crippen molar-refractivity contribution in [2.75, 3.05) is 6.61 Å². The van der Waals surface area contributed by atoms with Gasteiger partial charge in [-0.25, -0.2) is 4.79 Å². The third-order valence-corrected chi connectivity index (χ3v) is 4.99. The van der Waals surface area contributed by atoms with E-state index in [-0.39, 0.29) is 23.4 Å². The van der Waals surface area contributed by atoms with Gasteiger partial charge >= 0.3 is 18.1 Å². The summed E-state index contributed by atoms with van der Waals surface area (Å²) in [5.74, 6) is -4.89. The van der Waals surface area contributed by atoms with Gasteiger partial charge in [-0.05, 0) is 30.2 Å². The number of carbonyl (C=O) groups excluding carboxylic acids is 2. The number of aliphatic carboxylic acids is 1. The van der Waals surface area contributed by atoms with Crippen molar-refractivity contribution in [2.45, 2.75) is 37.6 Å². The predicted octanol–water partition coefficient (Wildman–Crippen LogP) is 2.95. The molecule has 13 heteroatoms. The second-order valence-corrected chi connectivity index (χ2v) is 7.31. The zero-order valence-corrected chi connectivity index (χ0v) is 18.2. The lowest BCUT2D eigenvalue weighted by Gasteiger charge is -2.26. The van der Waals surface area contributed by atoms with Gasteiger partial charge in [-0.15, -0.1) is 0 Å². The Morgan fingerprint density at radius 2 is 1.60 bits per heavy atom. The largest absolute Gasteiger partial charge is 0.480 e. The Kier molecular flexibility index (Phi) is 8.89. The van der Waals surface area contributed by atoms with Crippen LogP contribution in [0.5, 0.6) is 0 Å². The standard InChI is InChI=1S/C22H21F3N2O8/c1-2-35-17(28)11-16(12-5-9-15(10-6-12)27(33)34)18(21(31)32)26-20(30)19(29)13-3-7-14(8-4-13)22(23,24)25/h3-10,16,18-19,29H,2,11H2,1H3,(H,26,30)(H,31,32)/t16-,18-,19-/m1/s1. The molecule has 0 radical (unpaired) electrons. The third kappa shape index (κ3) is 7.24. The molecule has 0 heterocycles. The third-order valence-electron chi connectivity index (χ3n) is 4.99. The van der Waals surface area contributed by atoms with E-state index in [0.29, 0.717) is 12.1 Å². The van der Waals surface area contributed by atoms with E-state index in [1.165, 1.54) is 19.1 Å². The van der Waals surface area contributed by atoms with Gasteiger partial charge in [0.15, 0.2) is 6.10 Å². The molecule has 0 aromatic heterocycles. The molecular formula is C22H21F3N2O8. The first-order chi connectivity index (χ1) is 16.3. The zero-order chi connectivity index (χ0) is 26.3. The quantitative estimate of drug-likeness (QED) is 0.256. The summed E-state index contributed by atoms with van der Waals surface area (Å²) in [5.41, 5.74) is -1.38. The Morgan fingerprint density at radius 1 is 1.06 bits per heavy atom. The maximum Gasteiger partial charge on any atom is 0.416 e. The molecule has 3 N–H and O–H groups in total. The zero-order valence-electron chi connectivity index (χ0n) is 18.2. The maximum atomic E-state index is 12.7. The lowest BCUT2D eigenvalue weighted by molar-refractivity contribution is -0.384. The molecule has 1 amide bonds. The highest BCUT2D eigenvalue weighted by Crippen LogP contribution is 2.31. The first kappa shape index (κ1) is 27.2. The highest BCUT2D eigenvalue weighted by Gasteiger charge is 2.35. The number of carboxylic acid groups (broad SMARTS) is 1. The molecule has 0 saturated carbocycles. The Hall–Kier alpha value is -4.00. The molecule has 3 atom stereocenters. The summed E-state index contributed by atoms with van der Waals surface area (Å²) in [6.45, 7) is 1.51. The van der Waals surface area contributed by atoms with Crippen LogP contribution in [-0.4, -0.2) is 45.6 Å². The number of non-ortho nitro benzene ring substituents is 1. The molecule has 0 saturated heterocycles. The second-order valence-electron chi connectivity index (χ2n) is 7.31. The number of alkyl halides is 3. The van der Waals surface area contributed by atoms with Crippen molar-refractivity contribution in [3.05, 3.63) is 75.3 Å². The SMILES string of the molecule is CCOC(=O)C[C@H](c1ccc([N+](=O)[O-])cc1)[C@@H](NC(=O)[C@H](O)c1ccc(C(F)(F)F)cc1)C(=O)O. The van der Waals surface area contributed by atoms with E-state index in [1.807, 2.05) is 0 Å². The summed E-state index contributed by atoms with van der Waals surface area (Å²) in [5, 5.41) is 33.0. The van der Waals surface area contributed by atoms with Crippen LogP contribution in [0.25, 0.3) is 0 Å². The van der Waals surface area contributed by atoms with Gasteiger partial charge in [-0.2, -0.15) is 13.2 Å². The number of amides is 1. The highest BCUT2D eigenvalue weighted by atomic mass is 19.4. The minimum Gasteiger partial charge on any atom is -0.480 e. The number of nitrogens with one attached hydrogen (secondary N) is 1. The van der Waals surface area contributed by atoms with Crippen molar-refractivity contribution in [3.8, 4) is 0 Å². The second kappa shape index (κ2) is 11.4. The number of carboxylic acids is 1. The van der Waals surface area contributed by atoms with Gasteiger partial charge in [-0.1, -0.05) is 24.3 Å². The number of hydrogen-bond donors (Lipinski definition) is 3. The molecule has 0 unspecified atom stereocenters. The maximum absolute atomic E-state index is 12.7. The van der Waals surface area contributed by atoms with Gasteiger partial charge in [-0.3, -0.25) is 19.7 Å². The molecule has 0 bridgehead atoms. The van der Waals surface area contributed by atoms with E-state index in [1.54, 1.807) is 0 Å². The van der Waals surface area contributed by atoms with Gasteiger partial charge in [0, 0.05) is 18.1 Å². The van der Waals surface area contributed by atoms with Gasteiger partial charge in [0.2, 0.25) is 0 Å². The van der Waals surface area contributed by atoms with Crippen molar-refractivity contribution in [1.82, 2.24) is 5.32 Å². The average molecular weight is 498 g/mol. The minimum atomic E-state index is -4.63. The number of benzene rings is 2. The van der Waals surface area contributed by atoms with Crippen LogP contribution in [0.1, 0.15) is 42.1 Å². The molecule has 0 aliphatic heterocycles. The number of nitro benzene ring substituents is 1. The number of nitro groups is 1. The Labute approximate surface area is 196 Å². The summed E-state index contributed by atoms with van der Waals surface area (Å²) in [6, 6.07) is 5.87. The van der Waals surface area contributed by atoms with Crippen molar-refractivity contribution in [3.63, 3.8) is 0 Å². The number of nitrogens with zero attached hydrogens (tertiary/aromatic N) is 1. The fourth-order valence-electron chi connectivity index (χ4n) is 3.24. The van der Waals surface area contributed by atoms with Crippen LogP contribution in [0.3, 0.4) is 0 Å². The van der Waals surface area contributed by atoms with Crippen LogP contribution in [-0.2, 0) is 25.3 Å². The molecule has 2 rings (SSSR count). The van der Waals surface area contributed by atoms with E-state index in [4.69, 9.17) is 4.74 Å². The van der Waals surface area contributed by atoms with Crippen LogP contribution >= 0.6 is 0 Å². The van der Waals surface area contributed by atoms with E-state index in [0.717, 1.165) is 24.3 Å². The van der Waals surface area contributed by atoms with Crippen LogP contribution in [0, 0.1) is 10.1 Å². The van der Waals surface area contributed by atoms with Crippen LogP contribution in [0.15, 0.2) is 48.5 Å². The number of aliphatic hydroxyl groups excluding tert-OH is 1. The molecule has 35 heavy (non-hydrogen) atoms. The molecule has 2 aromatic carbocycles. The molecule has 0 aliphatic carbocycles. The minimum absolute atomic E-state index is 0.0114. The van der Waals surface area contributed by atoms with E-state index in [9.17, 15) is 47.9 Å². The molecule has 10 nitrogen and oxygen atoms in total. The molecule has 0 spiro atoms. The monoisotopic (exact) mass is 498 g/mol. The number of esters is 1. The lowest BCUT2D eigenvalue weighted by atomic mass is 9.88. The van der Waals surface area contributed by atoms with Crippen molar-refractivity contribution in [1.29, 1.82) is 0 Å². The van der Waals surface area contributed by atoms with E-state index in [2.05, 4.69) is 5.32 Å². The summed E-state index contributed by atoms with van der Waals surface area (Å²) >= 11 is 0. The van der Waals surface area contributed by atoms with Gasteiger partial charge in [0.1, 0.15) is 6.04 Å². The number of ether oxygens (including phenoxy) is 1. The molecule has 0 aliphatic rings. The number of halogens is 3.